The number of ether oxygens (including phenoxy) is 1. The summed E-state index contributed by atoms with van der Waals surface area (Å²) in [5.74, 6) is 0.568. The third kappa shape index (κ3) is 4.61. The summed E-state index contributed by atoms with van der Waals surface area (Å²) in [6, 6.07) is 4.04. The Labute approximate surface area is 160 Å². The number of aliphatic hydroxyl groups excluding tert-OH is 1. The maximum Gasteiger partial charge on any atom is 0.410 e. The smallest absolute Gasteiger partial charge is 0.410 e. The first-order valence-corrected chi connectivity index (χ1v) is 9.74. The van der Waals surface area contributed by atoms with Gasteiger partial charge in [-0.25, -0.2) is 4.79 Å². The number of piperidine rings is 1. The molecule has 2 heterocycles. The Hall–Kier alpha value is -2.08. The molecule has 1 fully saturated rings. The predicted molar refractivity (Wildman–Crippen MR) is 104 cm³/mol. The van der Waals surface area contributed by atoms with E-state index in [1.807, 2.05) is 44.7 Å². The second kappa shape index (κ2) is 7.89. The zero-order chi connectivity index (χ0) is 19.6. The molecule has 0 atom stereocenters. The van der Waals surface area contributed by atoms with Crippen molar-refractivity contribution >= 4 is 17.1 Å². The highest BCUT2D eigenvalue weighted by molar-refractivity contribution is 5.83. The monoisotopic (exact) mass is 374 g/mol. The van der Waals surface area contributed by atoms with Crippen LogP contribution in [0.4, 0.5) is 4.79 Å². The first kappa shape index (κ1) is 19.7. The van der Waals surface area contributed by atoms with Crippen LogP contribution in [0.1, 0.15) is 56.9 Å². The fourth-order valence-corrected chi connectivity index (χ4v) is 3.66. The SMILES string of the molecule is Cc1ccc2c(CCC3CCN(C(=O)OC(C)(C)C)CC3)noc2c1CO. The summed E-state index contributed by atoms with van der Waals surface area (Å²) in [7, 11) is 0. The van der Waals surface area contributed by atoms with Gasteiger partial charge < -0.3 is 19.3 Å². The Balaban J connectivity index is 1.55. The van der Waals surface area contributed by atoms with Crippen molar-refractivity contribution in [1.29, 1.82) is 0 Å². The van der Waals surface area contributed by atoms with Gasteiger partial charge in [0.15, 0.2) is 5.58 Å². The number of likely N-dealkylation sites (tertiary alicyclic amines) is 1. The highest BCUT2D eigenvalue weighted by Crippen LogP contribution is 2.28. The lowest BCUT2D eigenvalue weighted by molar-refractivity contribution is 0.0181. The lowest BCUT2D eigenvalue weighted by Gasteiger charge is -2.33. The fourth-order valence-electron chi connectivity index (χ4n) is 3.66. The van der Waals surface area contributed by atoms with Crippen LogP contribution in [-0.4, -0.2) is 39.9 Å². The van der Waals surface area contributed by atoms with Crippen molar-refractivity contribution in [3.63, 3.8) is 0 Å². The molecular formula is C21H30N2O4. The Bertz CT molecular complexity index is 798. The first-order valence-electron chi connectivity index (χ1n) is 9.74. The van der Waals surface area contributed by atoms with Crippen molar-refractivity contribution in [3.05, 3.63) is 29.0 Å². The summed E-state index contributed by atoms with van der Waals surface area (Å²) >= 11 is 0. The molecule has 0 bridgehead atoms. The third-order valence-corrected chi connectivity index (χ3v) is 5.27. The van der Waals surface area contributed by atoms with Gasteiger partial charge in [-0.05, 0) is 70.9 Å². The van der Waals surface area contributed by atoms with Crippen molar-refractivity contribution < 1.29 is 19.2 Å². The first-order chi connectivity index (χ1) is 12.8. The van der Waals surface area contributed by atoms with Gasteiger partial charge in [-0.3, -0.25) is 0 Å². The fraction of sp³-hybridized carbons (Fsp3) is 0.619. The largest absolute Gasteiger partial charge is 0.444 e. The molecule has 1 aliphatic rings. The lowest BCUT2D eigenvalue weighted by Crippen LogP contribution is -2.41. The second-order valence-corrected chi connectivity index (χ2v) is 8.47. The number of nitrogens with zero attached hydrogens (tertiary/aromatic N) is 2. The normalized spacial score (nSPS) is 16.1. The van der Waals surface area contributed by atoms with E-state index < -0.39 is 5.60 Å². The van der Waals surface area contributed by atoms with E-state index in [0.717, 1.165) is 61.0 Å². The molecule has 6 nitrogen and oxygen atoms in total. The van der Waals surface area contributed by atoms with Crippen molar-refractivity contribution in [1.82, 2.24) is 10.1 Å². The van der Waals surface area contributed by atoms with Gasteiger partial charge in [0.1, 0.15) is 5.60 Å². The molecule has 1 N–H and O–H groups in total. The van der Waals surface area contributed by atoms with Crippen LogP contribution in [0, 0.1) is 12.8 Å². The van der Waals surface area contributed by atoms with Gasteiger partial charge in [0.25, 0.3) is 0 Å². The molecule has 1 aliphatic heterocycles. The number of hydrogen-bond donors (Lipinski definition) is 1. The van der Waals surface area contributed by atoms with E-state index in [-0.39, 0.29) is 12.7 Å². The summed E-state index contributed by atoms with van der Waals surface area (Å²) in [5, 5.41) is 14.8. The molecular weight excluding hydrogens is 344 g/mol. The molecule has 6 heteroatoms. The highest BCUT2D eigenvalue weighted by atomic mass is 16.6. The summed E-state index contributed by atoms with van der Waals surface area (Å²) in [6.07, 6.45) is 3.62. The van der Waals surface area contributed by atoms with E-state index in [0.29, 0.717) is 11.5 Å². The van der Waals surface area contributed by atoms with E-state index in [1.54, 1.807) is 0 Å². The second-order valence-electron chi connectivity index (χ2n) is 8.47. The average molecular weight is 374 g/mol. The van der Waals surface area contributed by atoms with Gasteiger partial charge in [-0.1, -0.05) is 11.2 Å². The Kier molecular flexibility index (Phi) is 5.75. The van der Waals surface area contributed by atoms with Crippen LogP contribution in [0.25, 0.3) is 11.0 Å². The molecule has 1 saturated heterocycles. The molecule has 1 aromatic carbocycles. The minimum atomic E-state index is -0.451. The number of aliphatic hydroxyl groups is 1. The van der Waals surface area contributed by atoms with Gasteiger partial charge >= 0.3 is 6.09 Å². The third-order valence-electron chi connectivity index (χ3n) is 5.27. The van der Waals surface area contributed by atoms with E-state index >= 15 is 0 Å². The molecule has 0 spiro atoms. The van der Waals surface area contributed by atoms with E-state index in [2.05, 4.69) is 5.16 Å². The van der Waals surface area contributed by atoms with Crippen LogP contribution in [0.5, 0.6) is 0 Å². The summed E-state index contributed by atoms with van der Waals surface area (Å²) in [4.78, 5) is 14.0. The molecule has 0 aliphatic carbocycles. The van der Waals surface area contributed by atoms with Crippen molar-refractivity contribution in [3.8, 4) is 0 Å². The average Bonchev–Trinajstić information content (AvgIpc) is 3.02. The van der Waals surface area contributed by atoms with Crippen LogP contribution in [0.3, 0.4) is 0 Å². The molecule has 0 saturated carbocycles. The van der Waals surface area contributed by atoms with E-state index in [9.17, 15) is 9.90 Å². The van der Waals surface area contributed by atoms with Crippen molar-refractivity contribution in [2.75, 3.05) is 13.1 Å². The molecule has 27 heavy (non-hydrogen) atoms. The minimum Gasteiger partial charge on any atom is -0.444 e. The summed E-state index contributed by atoms with van der Waals surface area (Å²) < 4.78 is 11.0. The van der Waals surface area contributed by atoms with E-state index in [4.69, 9.17) is 9.26 Å². The van der Waals surface area contributed by atoms with Crippen LogP contribution in [0.2, 0.25) is 0 Å². The van der Waals surface area contributed by atoms with Crippen LogP contribution in [0.15, 0.2) is 16.7 Å². The van der Waals surface area contributed by atoms with Gasteiger partial charge in [-0.2, -0.15) is 0 Å². The van der Waals surface area contributed by atoms with Gasteiger partial charge in [-0.15, -0.1) is 0 Å². The number of rotatable bonds is 4. The number of aromatic nitrogens is 1. The Morgan fingerprint density at radius 1 is 1.33 bits per heavy atom. The molecule has 0 radical (unpaired) electrons. The summed E-state index contributed by atoms with van der Waals surface area (Å²) in [5.41, 5.74) is 3.04. The minimum absolute atomic E-state index is 0.0407. The Morgan fingerprint density at radius 2 is 2.04 bits per heavy atom. The number of carbonyl (C=O) groups is 1. The molecule has 2 aromatic rings. The Morgan fingerprint density at radius 3 is 2.67 bits per heavy atom. The number of benzene rings is 1. The van der Waals surface area contributed by atoms with E-state index in [1.165, 1.54) is 0 Å². The predicted octanol–water partition coefficient (Wildman–Crippen LogP) is 4.21. The number of hydrogen-bond acceptors (Lipinski definition) is 5. The molecule has 1 aromatic heterocycles. The topological polar surface area (TPSA) is 75.8 Å². The molecule has 148 valence electrons. The van der Waals surface area contributed by atoms with Crippen molar-refractivity contribution in [2.45, 2.75) is 65.6 Å². The van der Waals surface area contributed by atoms with Crippen LogP contribution >= 0.6 is 0 Å². The quantitative estimate of drug-likeness (QED) is 0.868. The van der Waals surface area contributed by atoms with Crippen LogP contribution < -0.4 is 0 Å². The van der Waals surface area contributed by atoms with Crippen LogP contribution in [-0.2, 0) is 17.8 Å². The lowest BCUT2D eigenvalue weighted by atomic mass is 9.91. The molecule has 3 rings (SSSR count). The molecule has 0 unspecified atom stereocenters. The molecule has 1 amide bonds. The highest BCUT2D eigenvalue weighted by Gasteiger charge is 2.27. The van der Waals surface area contributed by atoms with Gasteiger partial charge in [0.2, 0.25) is 0 Å². The maximum absolute atomic E-state index is 12.2. The van der Waals surface area contributed by atoms with Crippen molar-refractivity contribution in [2.24, 2.45) is 5.92 Å². The zero-order valence-electron chi connectivity index (χ0n) is 16.7. The van der Waals surface area contributed by atoms with Gasteiger partial charge in [0.05, 0.1) is 12.3 Å². The summed E-state index contributed by atoms with van der Waals surface area (Å²) in [6.45, 7) is 9.09. The standard InChI is InChI=1S/C21H30N2O4/c1-14-5-7-16-18(22-27-19(16)17(14)13-24)8-6-15-9-11-23(12-10-15)20(25)26-21(2,3)4/h5,7,15,24H,6,8-13H2,1-4H3. The zero-order valence-corrected chi connectivity index (χ0v) is 16.7. The number of amides is 1. The number of fused-ring (bicyclic) bond motifs is 1. The number of aryl methyl sites for hydroxylation is 2. The maximum atomic E-state index is 12.2. The van der Waals surface area contributed by atoms with Gasteiger partial charge in [0, 0.05) is 24.0 Å². The number of carbonyl (C=O) groups excluding carboxylic acids is 1.